The largest absolute Gasteiger partial charge is 1.00 e. The van der Waals surface area contributed by atoms with Crippen molar-refractivity contribution in [1.82, 2.24) is 9.13 Å². The van der Waals surface area contributed by atoms with Crippen LogP contribution in [0.3, 0.4) is 0 Å². The summed E-state index contributed by atoms with van der Waals surface area (Å²) in [6.07, 6.45) is 71.5. The van der Waals surface area contributed by atoms with Crippen LogP contribution in [0.15, 0.2) is 108 Å². The Hall–Kier alpha value is -3.04. The number of aryl methyl sites for hydroxylation is 4. The molecule has 0 aliphatic heterocycles. The van der Waals surface area contributed by atoms with E-state index in [0.717, 1.165) is 63.1 Å². The standard InChI is InChI=1S/2C36H62N4.Cl2.2ClH/c2*1-3-5-7-9-15-19-27-37-35-23-31-39(32-24-35)29-21-17-13-11-12-14-18-22-30-40-33-25-36(26-34-40)38-28-20-16-10-8-6-4-2;1-2;;/h2*23-26,31-34H,3-22,27-30H2,1-2H3;;2*1H. The van der Waals surface area contributed by atoms with E-state index < -0.39 is 0 Å². The number of nitrogens with one attached hydrogen (secondary N) is 2. The Labute approximate surface area is 539 Å². The predicted octanol–water partition coefficient (Wildman–Crippen LogP) is 14.6. The van der Waals surface area contributed by atoms with Crippen LogP contribution in [0.4, 0.5) is 11.4 Å². The Balaban J connectivity index is 0.00000156. The molecular formula is C72H126Cl4N8. The number of hydrogen-bond donors (Lipinski definition) is 2. The fourth-order valence-electron chi connectivity index (χ4n) is 10.6. The Morgan fingerprint density at radius 1 is 0.321 bits per heavy atom. The lowest BCUT2D eigenvalue weighted by Crippen LogP contribution is -3.00. The summed E-state index contributed by atoms with van der Waals surface area (Å²) in [6, 6.07) is 17.6. The van der Waals surface area contributed by atoms with E-state index in [1.54, 1.807) is 0 Å². The molecule has 0 saturated heterocycles. The summed E-state index contributed by atoms with van der Waals surface area (Å²) >= 11 is 0. The van der Waals surface area contributed by atoms with E-state index in [0.29, 0.717) is 0 Å². The molecule has 0 aromatic carbocycles. The minimum atomic E-state index is 0. The van der Waals surface area contributed by atoms with Crippen LogP contribution in [-0.4, -0.2) is 35.3 Å². The van der Waals surface area contributed by atoms with Crippen LogP contribution in [0.25, 0.3) is 0 Å². The van der Waals surface area contributed by atoms with Crippen molar-refractivity contribution in [3.05, 3.63) is 109 Å². The van der Waals surface area contributed by atoms with Gasteiger partial charge in [0.25, 0.3) is 0 Å². The number of pyridine rings is 4. The zero-order valence-corrected chi connectivity index (χ0v) is 57.4. The van der Waals surface area contributed by atoms with E-state index in [2.05, 4.69) is 176 Å². The molecule has 12 heteroatoms. The summed E-state index contributed by atoms with van der Waals surface area (Å²) in [7, 11) is 8.22. The first-order chi connectivity index (χ1) is 40.6. The van der Waals surface area contributed by atoms with Gasteiger partial charge in [-0.15, -0.1) is 0 Å². The Bertz CT molecular complexity index is 1900. The molecule has 84 heavy (non-hydrogen) atoms. The molecule has 0 aliphatic carbocycles. The van der Waals surface area contributed by atoms with Crippen LogP contribution in [0, 0.1) is 0 Å². The smallest absolute Gasteiger partial charge is 0.170 e. The second kappa shape index (κ2) is 63.0. The van der Waals surface area contributed by atoms with Crippen LogP contribution in [0.1, 0.15) is 285 Å². The van der Waals surface area contributed by atoms with Gasteiger partial charge in [0.2, 0.25) is 0 Å². The van der Waals surface area contributed by atoms with E-state index in [9.17, 15) is 0 Å². The van der Waals surface area contributed by atoms with Crippen molar-refractivity contribution in [3.63, 3.8) is 0 Å². The van der Waals surface area contributed by atoms with Gasteiger partial charge >= 0.3 is 0 Å². The lowest BCUT2D eigenvalue weighted by molar-refractivity contribution is -0.697. The minimum absolute atomic E-state index is 0. The molecule has 0 saturated carbocycles. The van der Waals surface area contributed by atoms with Gasteiger partial charge in [-0.3, -0.25) is 9.98 Å². The molecule has 4 heterocycles. The summed E-state index contributed by atoms with van der Waals surface area (Å²) in [5, 5.41) is 9.42. The van der Waals surface area contributed by atoms with Crippen molar-refractivity contribution in [2.45, 2.75) is 311 Å². The molecule has 0 spiro atoms. The zero-order valence-electron chi connectivity index (χ0n) is 54.4. The molecule has 2 N–H and O–H groups in total. The van der Waals surface area contributed by atoms with Gasteiger partial charge in [0.15, 0.2) is 24.8 Å². The van der Waals surface area contributed by atoms with Crippen molar-refractivity contribution < 1.29 is 33.9 Å². The number of unbranched alkanes of at least 4 members (excludes halogenated alkanes) is 34. The van der Waals surface area contributed by atoms with Gasteiger partial charge in [-0.25, -0.2) is 9.13 Å². The molecule has 0 amide bonds. The second-order valence-electron chi connectivity index (χ2n) is 23.6. The molecule has 8 nitrogen and oxygen atoms in total. The summed E-state index contributed by atoms with van der Waals surface area (Å²) in [5.41, 5.74) is 2.52. The number of aromatic nitrogens is 4. The van der Waals surface area contributed by atoms with E-state index in [4.69, 9.17) is 9.98 Å². The second-order valence-corrected chi connectivity index (χ2v) is 23.6. The van der Waals surface area contributed by atoms with E-state index in [-0.39, 0.29) is 24.8 Å². The van der Waals surface area contributed by atoms with Crippen LogP contribution >= 0.6 is 21.7 Å². The molecule has 4 rings (SSSR count). The molecule has 4 aromatic rings. The third-order valence-corrected chi connectivity index (χ3v) is 16.0. The van der Waals surface area contributed by atoms with Gasteiger partial charge in [0.05, 0.1) is 10.7 Å². The first kappa shape index (κ1) is 81.0. The summed E-state index contributed by atoms with van der Waals surface area (Å²) in [6.45, 7) is 17.8. The number of rotatable bonds is 52. The van der Waals surface area contributed by atoms with Crippen LogP contribution in [0.2, 0.25) is 0 Å². The topological polar surface area (TPSA) is 66.4 Å². The average molecular weight is 1250 g/mol. The van der Waals surface area contributed by atoms with Crippen LogP contribution in [-0.2, 0) is 26.2 Å². The van der Waals surface area contributed by atoms with Gasteiger partial charge < -0.3 is 44.6 Å². The number of anilines is 2. The third kappa shape index (κ3) is 49.0. The van der Waals surface area contributed by atoms with Crippen molar-refractivity contribution in [2.75, 3.05) is 36.8 Å². The maximum atomic E-state index is 4.74. The molecule has 0 bridgehead atoms. The van der Waals surface area contributed by atoms with Crippen molar-refractivity contribution in [2.24, 2.45) is 9.98 Å². The van der Waals surface area contributed by atoms with E-state index in [1.807, 2.05) is 0 Å². The first-order valence-corrected chi connectivity index (χ1v) is 35.7. The molecule has 0 fully saturated rings. The Morgan fingerprint density at radius 2 is 0.571 bits per heavy atom. The summed E-state index contributed by atoms with van der Waals surface area (Å²) in [4.78, 5) is 9.48. The fraction of sp³-hybridized carbons (Fsp3) is 0.722. The van der Waals surface area contributed by atoms with Crippen molar-refractivity contribution in [1.29, 1.82) is 0 Å². The molecule has 4 aromatic heterocycles. The summed E-state index contributed by atoms with van der Waals surface area (Å²) < 4.78 is 9.31. The third-order valence-electron chi connectivity index (χ3n) is 16.0. The minimum Gasteiger partial charge on any atom is -1.00 e. The van der Waals surface area contributed by atoms with Gasteiger partial charge in [-0.05, 0) is 75.6 Å². The Kier molecular flexibility index (Phi) is 60.7. The number of nitrogens with zero attached hydrogens (tertiary/aromatic N) is 6. The quantitative estimate of drug-likeness (QED) is 0.0342. The first-order valence-electron chi connectivity index (χ1n) is 34.6. The van der Waals surface area contributed by atoms with Crippen molar-refractivity contribution in [3.8, 4) is 0 Å². The molecule has 0 atom stereocenters. The van der Waals surface area contributed by atoms with E-state index in [1.165, 1.54) is 268 Å². The molecule has 0 unspecified atom stereocenters. The zero-order chi connectivity index (χ0) is 58.7. The predicted molar refractivity (Wildman–Crippen MR) is 359 cm³/mol. The van der Waals surface area contributed by atoms with Gasteiger partial charge in [-0.2, -0.15) is 0 Å². The molecular weight excluding hydrogens is 1120 g/mol. The van der Waals surface area contributed by atoms with Gasteiger partial charge in [-0.1, -0.05) is 220 Å². The molecule has 0 aliphatic rings. The van der Waals surface area contributed by atoms with Crippen LogP contribution in [0.5, 0.6) is 0 Å². The van der Waals surface area contributed by atoms with E-state index >= 15 is 0 Å². The highest BCUT2D eigenvalue weighted by Crippen LogP contribution is 2.14. The van der Waals surface area contributed by atoms with Crippen LogP contribution < -0.4 is 55.3 Å². The average Bonchev–Trinajstić information content (AvgIpc) is 3.58. The maximum absolute atomic E-state index is 4.74. The lowest BCUT2D eigenvalue weighted by Gasteiger charge is -2.07. The highest BCUT2D eigenvalue weighted by molar-refractivity contribution is 6.85. The number of halogens is 4. The lowest BCUT2D eigenvalue weighted by atomic mass is 10.1. The van der Waals surface area contributed by atoms with Crippen molar-refractivity contribution >= 4 is 33.1 Å². The normalized spacial score (nSPS) is 10.7. The number of hydrogen-bond acceptors (Lipinski definition) is 4. The maximum Gasteiger partial charge on any atom is 0.170 e. The highest BCUT2D eigenvalue weighted by Gasteiger charge is 2.04. The molecule has 482 valence electrons. The summed E-state index contributed by atoms with van der Waals surface area (Å²) in [5.74, 6) is 0. The van der Waals surface area contributed by atoms with Gasteiger partial charge in [0, 0.05) is 134 Å². The monoisotopic (exact) mass is 1240 g/mol. The van der Waals surface area contributed by atoms with Gasteiger partial charge in [0.1, 0.15) is 13.1 Å². The fourth-order valence-corrected chi connectivity index (χ4v) is 10.6. The highest BCUT2D eigenvalue weighted by atomic mass is 36.5. The molecule has 0 radical (unpaired) electrons. The SMILES string of the molecule is CCCCCCCCN=c1ccn(CCCCCCCCCCn2ccc(=NCCCCCCCC)cc2)cc1.CCCCCCCCNc1cc[n+](CCCCCCCCCC[n+]2ccc(NCCCCCCCC)cc2)cc1.ClCl.[Cl-].[Cl-]. The Morgan fingerprint density at radius 3 is 0.869 bits per heavy atom.